The standard InChI is InChI=1S/C21H22N2O6S/c1-26-13-7-5-8-14(27-2)17(13)19(24)22-21-23(11-12-30-21)20(25)18-15(28-3)9-6-10-16(18)29-4/h5-10H,11-12H2,1-4H3. The minimum Gasteiger partial charge on any atom is -0.496 e. The van der Waals surface area contributed by atoms with Gasteiger partial charge in [-0.1, -0.05) is 23.9 Å². The second-order valence-corrected chi connectivity index (χ2v) is 7.14. The number of ether oxygens (including phenoxy) is 4. The van der Waals surface area contributed by atoms with Crippen molar-refractivity contribution in [2.45, 2.75) is 0 Å². The molecule has 0 saturated carbocycles. The lowest BCUT2D eigenvalue weighted by atomic mass is 10.1. The third-order valence-electron chi connectivity index (χ3n) is 4.50. The zero-order valence-corrected chi connectivity index (χ0v) is 17.9. The molecule has 0 bridgehead atoms. The maximum absolute atomic E-state index is 13.3. The van der Waals surface area contributed by atoms with Crippen LogP contribution in [0.25, 0.3) is 0 Å². The van der Waals surface area contributed by atoms with E-state index in [2.05, 4.69) is 4.99 Å². The Hall–Kier alpha value is -3.20. The highest BCUT2D eigenvalue weighted by atomic mass is 32.2. The van der Waals surface area contributed by atoms with Crippen molar-refractivity contribution in [1.29, 1.82) is 0 Å². The van der Waals surface area contributed by atoms with Crippen LogP contribution in [-0.2, 0) is 0 Å². The van der Waals surface area contributed by atoms with Gasteiger partial charge in [0.25, 0.3) is 11.8 Å². The second-order valence-electron chi connectivity index (χ2n) is 6.08. The molecule has 8 nitrogen and oxygen atoms in total. The Morgan fingerprint density at radius 1 is 0.833 bits per heavy atom. The number of amidine groups is 1. The minimum absolute atomic E-state index is 0.199. The molecule has 2 aromatic rings. The lowest BCUT2D eigenvalue weighted by molar-refractivity contribution is 0.0852. The number of carbonyl (C=O) groups excluding carboxylic acids is 2. The van der Waals surface area contributed by atoms with E-state index in [0.29, 0.717) is 40.5 Å². The van der Waals surface area contributed by atoms with Crippen molar-refractivity contribution in [3.05, 3.63) is 47.5 Å². The van der Waals surface area contributed by atoms with Gasteiger partial charge >= 0.3 is 0 Å². The van der Waals surface area contributed by atoms with Crippen molar-refractivity contribution in [2.75, 3.05) is 40.7 Å². The molecule has 1 saturated heterocycles. The summed E-state index contributed by atoms with van der Waals surface area (Å²) in [5, 5.41) is 0.297. The highest BCUT2D eigenvalue weighted by molar-refractivity contribution is 8.14. The van der Waals surface area contributed by atoms with E-state index in [9.17, 15) is 9.59 Å². The summed E-state index contributed by atoms with van der Waals surface area (Å²) in [6.07, 6.45) is 0. The Bertz CT molecular complexity index is 947. The summed E-state index contributed by atoms with van der Waals surface area (Å²) >= 11 is 1.32. The normalized spacial score (nSPS) is 14.5. The van der Waals surface area contributed by atoms with Gasteiger partial charge in [0.2, 0.25) is 0 Å². The van der Waals surface area contributed by atoms with E-state index >= 15 is 0 Å². The van der Waals surface area contributed by atoms with Crippen LogP contribution in [0.2, 0.25) is 0 Å². The molecular weight excluding hydrogens is 408 g/mol. The Morgan fingerprint density at radius 2 is 1.30 bits per heavy atom. The van der Waals surface area contributed by atoms with Gasteiger partial charge in [-0.15, -0.1) is 0 Å². The van der Waals surface area contributed by atoms with Gasteiger partial charge in [0.15, 0.2) is 5.17 Å². The molecule has 158 valence electrons. The van der Waals surface area contributed by atoms with Crippen LogP contribution in [0.3, 0.4) is 0 Å². The van der Waals surface area contributed by atoms with Crippen molar-refractivity contribution in [3.63, 3.8) is 0 Å². The summed E-state index contributed by atoms with van der Waals surface area (Å²) < 4.78 is 21.3. The summed E-state index contributed by atoms with van der Waals surface area (Å²) in [5.41, 5.74) is 0.477. The average Bonchev–Trinajstić information content (AvgIpc) is 3.25. The van der Waals surface area contributed by atoms with Gasteiger partial charge in [0.05, 0.1) is 28.4 Å². The molecule has 1 aliphatic rings. The highest BCUT2D eigenvalue weighted by Crippen LogP contribution is 2.33. The smallest absolute Gasteiger partial charge is 0.286 e. The number of hydrogen-bond acceptors (Lipinski definition) is 7. The lowest BCUT2D eigenvalue weighted by Gasteiger charge is -2.19. The van der Waals surface area contributed by atoms with Crippen molar-refractivity contribution in [2.24, 2.45) is 4.99 Å². The SMILES string of the molecule is COc1cccc(OC)c1C(=O)N=C1SCCN1C(=O)c1c(OC)cccc1OC. The van der Waals surface area contributed by atoms with Crippen molar-refractivity contribution in [1.82, 2.24) is 4.90 Å². The molecule has 30 heavy (non-hydrogen) atoms. The molecule has 0 unspecified atom stereocenters. The topological polar surface area (TPSA) is 86.7 Å². The molecule has 2 aromatic carbocycles. The van der Waals surface area contributed by atoms with E-state index in [1.54, 1.807) is 36.4 Å². The Kier molecular flexibility index (Phi) is 6.83. The molecule has 2 amide bonds. The number of benzene rings is 2. The van der Waals surface area contributed by atoms with Crippen LogP contribution in [0.1, 0.15) is 20.7 Å². The largest absolute Gasteiger partial charge is 0.496 e. The minimum atomic E-state index is -0.557. The van der Waals surface area contributed by atoms with Crippen LogP contribution in [0.5, 0.6) is 23.0 Å². The van der Waals surface area contributed by atoms with Crippen molar-refractivity contribution >= 4 is 28.7 Å². The summed E-state index contributed by atoms with van der Waals surface area (Å²) in [6.45, 7) is 0.403. The number of hydrogen-bond donors (Lipinski definition) is 0. The van der Waals surface area contributed by atoms with Crippen LogP contribution in [-0.4, -0.2) is 62.6 Å². The predicted molar refractivity (Wildman–Crippen MR) is 114 cm³/mol. The quantitative estimate of drug-likeness (QED) is 0.696. The van der Waals surface area contributed by atoms with Gasteiger partial charge in [0, 0.05) is 12.3 Å². The number of thioether (sulfide) groups is 1. The number of rotatable bonds is 6. The van der Waals surface area contributed by atoms with Crippen LogP contribution in [0, 0.1) is 0 Å². The van der Waals surface area contributed by atoms with E-state index in [1.165, 1.54) is 45.1 Å². The number of carbonyl (C=O) groups is 2. The fraction of sp³-hybridized carbons (Fsp3) is 0.286. The van der Waals surface area contributed by atoms with Gasteiger partial charge in [-0.3, -0.25) is 14.5 Å². The molecule has 0 aliphatic carbocycles. The average molecular weight is 430 g/mol. The van der Waals surface area contributed by atoms with E-state index in [0.717, 1.165) is 0 Å². The molecule has 0 atom stereocenters. The first-order chi connectivity index (χ1) is 14.5. The first-order valence-electron chi connectivity index (χ1n) is 9.05. The van der Waals surface area contributed by atoms with Crippen LogP contribution in [0.4, 0.5) is 0 Å². The monoisotopic (exact) mass is 430 g/mol. The molecule has 1 heterocycles. The van der Waals surface area contributed by atoms with Crippen LogP contribution in [0.15, 0.2) is 41.4 Å². The Morgan fingerprint density at radius 3 is 1.77 bits per heavy atom. The Balaban J connectivity index is 1.99. The molecule has 0 aromatic heterocycles. The third-order valence-corrected chi connectivity index (χ3v) is 5.46. The fourth-order valence-electron chi connectivity index (χ4n) is 3.08. The van der Waals surface area contributed by atoms with Crippen LogP contribution >= 0.6 is 11.8 Å². The van der Waals surface area contributed by atoms with Gasteiger partial charge in [-0.25, -0.2) is 0 Å². The van der Waals surface area contributed by atoms with E-state index in [-0.39, 0.29) is 17.0 Å². The summed E-state index contributed by atoms with van der Waals surface area (Å²) in [4.78, 5) is 31.9. The zero-order valence-electron chi connectivity index (χ0n) is 17.1. The summed E-state index contributed by atoms with van der Waals surface area (Å²) in [5.74, 6) is 1.15. The number of nitrogens with zero attached hydrogens (tertiary/aromatic N) is 2. The van der Waals surface area contributed by atoms with Crippen molar-refractivity contribution in [3.8, 4) is 23.0 Å². The van der Waals surface area contributed by atoms with Crippen molar-refractivity contribution < 1.29 is 28.5 Å². The fourth-order valence-corrected chi connectivity index (χ4v) is 4.02. The van der Waals surface area contributed by atoms with Gasteiger partial charge < -0.3 is 18.9 Å². The first kappa shape index (κ1) is 21.5. The third kappa shape index (κ3) is 4.06. The maximum atomic E-state index is 13.3. The second kappa shape index (κ2) is 9.53. The number of methoxy groups -OCH3 is 4. The lowest BCUT2D eigenvalue weighted by Crippen LogP contribution is -2.33. The molecule has 1 aliphatic heterocycles. The number of aliphatic imine (C=N–C) groups is 1. The molecule has 9 heteroatoms. The molecule has 0 radical (unpaired) electrons. The Labute approximate surface area is 178 Å². The zero-order chi connectivity index (χ0) is 21.7. The molecular formula is C21H22N2O6S. The predicted octanol–water partition coefficient (Wildman–Crippen LogP) is 3.11. The molecule has 1 fully saturated rings. The van der Waals surface area contributed by atoms with E-state index in [1.807, 2.05) is 0 Å². The van der Waals surface area contributed by atoms with E-state index in [4.69, 9.17) is 18.9 Å². The highest BCUT2D eigenvalue weighted by Gasteiger charge is 2.32. The van der Waals surface area contributed by atoms with Crippen LogP contribution < -0.4 is 18.9 Å². The van der Waals surface area contributed by atoms with E-state index < -0.39 is 5.91 Å². The first-order valence-corrected chi connectivity index (χ1v) is 10.0. The van der Waals surface area contributed by atoms with Gasteiger partial charge in [-0.05, 0) is 24.3 Å². The maximum Gasteiger partial charge on any atom is 0.286 e. The van der Waals surface area contributed by atoms with Gasteiger partial charge in [-0.2, -0.15) is 4.99 Å². The molecule has 0 spiro atoms. The van der Waals surface area contributed by atoms with Gasteiger partial charge in [0.1, 0.15) is 34.1 Å². The summed E-state index contributed by atoms with van der Waals surface area (Å²) in [7, 11) is 5.90. The number of amides is 2. The molecule has 0 N–H and O–H groups in total. The molecule has 3 rings (SSSR count). The summed E-state index contributed by atoms with van der Waals surface area (Å²) in [6, 6.07) is 10.1.